The van der Waals surface area contributed by atoms with Crippen LogP contribution in [0.4, 0.5) is 5.69 Å². The van der Waals surface area contributed by atoms with Crippen molar-refractivity contribution in [3.63, 3.8) is 0 Å². The Kier molecular flexibility index (Phi) is 6.55. The molecule has 2 aromatic carbocycles. The molecule has 1 amide bonds. The van der Waals surface area contributed by atoms with Gasteiger partial charge in [0, 0.05) is 17.9 Å². The van der Waals surface area contributed by atoms with Crippen LogP contribution in [-0.2, 0) is 4.79 Å². The Bertz CT molecular complexity index is 898. The lowest BCUT2D eigenvalue weighted by atomic mass is 10.1. The second-order valence-corrected chi connectivity index (χ2v) is 5.67. The number of carbonyl (C=O) groups is 2. The lowest BCUT2D eigenvalue weighted by molar-refractivity contribution is -0.112. The summed E-state index contributed by atoms with van der Waals surface area (Å²) in [6.07, 6.45) is 1.34. The van der Waals surface area contributed by atoms with E-state index in [2.05, 4.69) is 10.6 Å². The lowest BCUT2D eigenvalue weighted by Gasteiger charge is -2.13. The molecule has 0 fully saturated rings. The number of nitrogens with zero attached hydrogens (tertiary/aromatic N) is 1. The number of benzene rings is 2. The number of amides is 1. The van der Waals surface area contributed by atoms with Crippen molar-refractivity contribution in [2.45, 2.75) is 13.0 Å². The maximum Gasteiger partial charge on any atom is 0.335 e. The predicted octanol–water partition coefficient (Wildman–Crippen LogP) is 3.09. The maximum absolute atomic E-state index is 12.3. The van der Waals surface area contributed by atoms with Gasteiger partial charge in [0.2, 0.25) is 0 Å². The van der Waals surface area contributed by atoms with Crippen molar-refractivity contribution in [1.82, 2.24) is 5.32 Å². The molecule has 0 aromatic heterocycles. The van der Waals surface area contributed by atoms with E-state index < -0.39 is 11.9 Å². The first-order valence-electron chi connectivity index (χ1n) is 8.09. The fourth-order valence-corrected chi connectivity index (χ4v) is 2.27. The molecule has 0 aliphatic rings. The Morgan fingerprint density at radius 3 is 2.52 bits per heavy atom. The summed E-state index contributed by atoms with van der Waals surface area (Å²) >= 11 is 0. The van der Waals surface area contributed by atoms with Crippen molar-refractivity contribution in [1.29, 1.82) is 5.26 Å². The number of nitriles is 1. The van der Waals surface area contributed by atoms with Gasteiger partial charge in [-0.3, -0.25) is 4.79 Å². The van der Waals surface area contributed by atoms with Gasteiger partial charge in [-0.05, 0) is 42.8 Å². The van der Waals surface area contributed by atoms with E-state index in [-0.39, 0.29) is 17.2 Å². The molecule has 27 heavy (non-hydrogen) atoms. The molecule has 0 saturated heterocycles. The fraction of sp³-hybridized carbons (Fsp3) is 0.150. The van der Waals surface area contributed by atoms with Gasteiger partial charge in [0.25, 0.3) is 5.91 Å². The zero-order valence-electron chi connectivity index (χ0n) is 14.9. The van der Waals surface area contributed by atoms with E-state index in [1.54, 1.807) is 13.2 Å². The molecule has 138 valence electrons. The number of carboxylic acids is 1. The van der Waals surface area contributed by atoms with Crippen molar-refractivity contribution >= 4 is 17.6 Å². The van der Waals surface area contributed by atoms with Gasteiger partial charge in [-0.1, -0.05) is 18.2 Å². The average Bonchev–Trinajstić information content (AvgIpc) is 2.68. The number of aromatic carboxylic acids is 1. The highest BCUT2D eigenvalue weighted by Crippen LogP contribution is 2.17. The van der Waals surface area contributed by atoms with E-state index in [4.69, 9.17) is 9.84 Å². The summed E-state index contributed by atoms with van der Waals surface area (Å²) in [5, 5.41) is 23.8. The normalized spacial score (nSPS) is 11.8. The molecular weight excluding hydrogens is 346 g/mol. The van der Waals surface area contributed by atoms with E-state index in [9.17, 15) is 14.9 Å². The minimum Gasteiger partial charge on any atom is -0.497 e. The number of ether oxygens (including phenoxy) is 1. The minimum atomic E-state index is -1.10. The molecule has 0 aliphatic carbocycles. The summed E-state index contributed by atoms with van der Waals surface area (Å²) in [5.41, 5.74) is 1.17. The SMILES string of the molecule is COc1ccc(C(C)N/C=C(/C#N)C(=O)Nc2cccc(C(=O)O)c2)cc1. The molecule has 0 spiro atoms. The topological polar surface area (TPSA) is 111 Å². The summed E-state index contributed by atoms with van der Waals surface area (Å²) in [5.74, 6) is -0.992. The summed E-state index contributed by atoms with van der Waals surface area (Å²) in [6, 6.07) is 14.9. The second-order valence-electron chi connectivity index (χ2n) is 5.67. The van der Waals surface area contributed by atoms with Crippen LogP contribution >= 0.6 is 0 Å². The number of anilines is 1. The Balaban J connectivity index is 2.06. The first-order chi connectivity index (χ1) is 12.9. The molecule has 0 aliphatic heterocycles. The van der Waals surface area contributed by atoms with Crippen LogP contribution in [0, 0.1) is 11.3 Å². The molecule has 1 unspecified atom stereocenters. The van der Waals surface area contributed by atoms with Gasteiger partial charge in [0.15, 0.2) is 0 Å². The largest absolute Gasteiger partial charge is 0.497 e. The molecule has 3 N–H and O–H groups in total. The standard InChI is InChI=1S/C20H19N3O4/c1-13(14-6-8-18(27-2)9-7-14)22-12-16(11-21)19(24)23-17-5-3-4-15(10-17)20(25)26/h3-10,12-13,22H,1-2H3,(H,23,24)(H,25,26)/b16-12-. The molecule has 2 aromatic rings. The summed E-state index contributed by atoms with van der Waals surface area (Å²) in [6.45, 7) is 1.89. The van der Waals surface area contributed by atoms with Gasteiger partial charge in [-0.2, -0.15) is 5.26 Å². The van der Waals surface area contributed by atoms with Crippen LogP contribution in [0.15, 0.2) is 60.3 Å². The molecular formula is C20H19N3O4. The Morgan fingerprint density at radius 2 is 1.93 bits per heavy atom. The highest BCUT2D eigenvalue weighted by molar-refractivity contribution is 6.06. The number of hydrogen-bond donors (Lipinski definition) is 3. The summed E-state index contributed by atoms with van der Waals surface area (Å²) in [7, 11) is 1.59. The van der Waals surface area contributed by atoms with Crippen molar-refractivity contribution in [3.05, 3.63) is 71.4 Å². The highest BCUT2D eigenvalue weighted by Gasteiger charge is 2.12. The quantitative estimate of drug-likeness (QED) is 0.513. The summed E-state index contributed by atoms with van der Waals surface area (Å²) in [4.78, 5) is 23.2. The molecule has 7 heteroatoms. The van der Waals surface area contributed by atoms with Crippen LogP contribution < -0.4 is 15.4 Å². The molecule has 0 radical (unpaired) electrons. The first-order valence-corrected chi connectivity index (χ1v) is 8.09. The number of rotatable bonds is 7. The molecule has 0 heterocycles. The average molecular weight is 365 g/mol. The van der Waals surface area contributed by atoms with Gasteiger partial charge < -0.3 is 20.5 Å². The van der Waals surface area contributed by atoms with Gasteiger partial charge in [0.1, 0.15) is 17.4 Å². The predicted molar refractivity (Wildman–Crippen MR) is 100 cm³/mol. The van der Waals surface area contributed by atoms with Crippen LogP contribution in [-0.4, -0.2) is 24.1 Å². The van der Waals surface area contributed by atoms with Crippen molar-refractivity contribution in [3.8, 4) is 11.8 Å². The zero-order chi connectivity index (χ0) is 19.8. The van der Waals surface area contributed by atoms with Crippen molar-refractivity contribution in [2.24, 2.45) is 0 Å². The summed E-state index contributed by atoms with van der Waals surface area (Å²) < 4.78 is 5.11. The monoisotopic (exact) mass is 365 g/mol. The number of methoxy groups -OCH3 is 1. The number of carboxylic acid groups (broad SMARTS) is 1. The Labute approximate surface area is 156 Å². The van der Waals surface area contributed by atoms with E-state index in [1.807, 2.05) is 37.3 Å². The van der Waals surface area contributed by atoms with Crippen LogP contribution in [0.5, 0.6) is 5.75 Å². The van der Waals surface area contributed by atoms with E-state index in [1.165, 1.54) is 24.4 Å². The third-order valence-electron chi connectivity index (χ3n) is 3.83. The fourth-order valence-electron chi connectivity index (χ4n) is 2.27. The van der Waals surface area contributed by atoms with Gasteiger partial charge >= 0.3 is 5.97 Å². The van der Waals surface area contributed by atoms with Gasteiger partial charge in [-0.15, -0.1) is 0 Å². The van der Waals surface area contributed by atoms with Crippen molar-refractivity contribution in [2.75, 3.05) is 12.4 Å². The van der Waals surface area contributed by atoms with Crippen molar-refractivity contribution < 1.29 is 19.4 Å². The maximum atomic E-state index is 12.3. The lowest BCUT2D eigenvalue weighted by Crippen LogP contribution is -2.18. The number of nitrogens with one attached hydrogen (secondary N) is 2. The first kappa shape index (κ1) is 19.5. The molecule has 0 bridgehead atoms. The number of carbonyl (C=O) groups excluding carboxylic acids is 1. The van der Waals surface area contributed by atoms with Crippen LogP contribution in [0.2, 0.25) is 0 Å². The Hall–Kier alpha value is -3.79. The van der Waals surface area contributed by atoms with E-state index >= 15 is 0 Å². The van der Waals surface area contributed by atoms with Gasteiger partial charge in [-0.25, -0.2) is 4.79 Å². The van der Waals surface area contributed by atoms with Crippen LogP contribution in [0.25, 0.3) is 0 Å². The molecule has 2 rings (SSSR count). The zero-order valence-corrected chi connectivity index (χ0v) is 14.9. The molecule has 7 nitrogen and oxygen atoms in total. The highest BCUT2D eigenvalue weighted by atomic mass is 16.5. The second kappa shape index (κ2) is 9.06. The molecule has 1 atom stereocenters. The Morgan fingerprint density at radius 1 is 1.22 bits per heavy atom. The smallest absolute Gasteiger partial charge is 0.335 e. The van der Waals surface area contributed by atoms with E-state index in [0.717, 1.165) is 11.3 Å². The third-order valence-corrected chi connectivity index (χ3v) is 3.83. The molecule has 0 saturated carbocycles. The number of hydrogen-bond acceptors (Lipinski definition) is 5. The van der Waals surface area contributed by atoms with Crippen LogP contribution in [0.3, 0.4) is 0 Å². The minimum absolute atomic E-state index is 0.0431. The van der Waals surface area contributed by atoms with Gasteiger partial charge in [0.05, 0.1) is 12.7 Å². The third kappa shape index (κ3) is 5.34. The van der Waals surface area contributed by atoms with Crippen LogP contribution in [0.1, 0.15) is 28.9 Å². The van der Waals surface area contributed by atoms with E-state index in [0.29, 0.717) is 5.69 Å².